The molecule has 0 saturated carbocycles. The summed E-state index contributed by atoms with van der Waals surface area (Å²) >= 11 is 0. The zero-order chi connectivity index (χ0) is 21.5. The van der Waals surface area contributed by atoms with E-state index in [2.05, 4.69) is 15.5 Å². The van der Waals surface area contributed by atoms with Crippen molar-refractivity contribution in [2.75, 3.05) is 25.5 Å². The van der Waals surface area contributed by atoms with Gasteiger partial charge in [-0.1, -0.05) is 24.2 Å². The molecule has 0 saturated heterocycles. The molecule has 0 aliphatic rings. The molecule has 158 valence electrons. The van der Waals surface area contributed by atoms with Gasteiger partial charge in [-0.3, -0.25) is 14.5 Å². The third kappa shape index (κ3) is 5.32. The minimum atomic E-state index is -0.284. The Labute approximate surface area is 174 Å². The summed E-state index contributed by atoms with van der Waals surface area (Å²) in [6, 6.07) is 10.5. The van der Waals surface area contributed by atoms with Crippen LogP contribution in [0, 0.1) is 0 Å². The fourth-order valence-electron chi connectivity index (χ4n) is 2.89. The Morgan fingerprint density at radius 3 is 2.63 bits per heavy atom. The number of aromatic nitrogens is 2. The predicted molar refractivity (Wildman–Crippen MR) is 110 cm³/mol. The van der Waals surface area contributed by atoms with Crippen LogP contribution in [-0.2, 0) is 24.3 Å². The highest BCUT2D eigenvalue weighted by Gasteiger charge is 2.20. The second kappa shape index (κ2) is 9.84. The van der Waals surface area contributed by atoms with Gasteiger partial charge in [-0.2, -0.15) is 4.98 Å². The van der Waals surface area contributed by atoms with E-state index in [9.17, 15) is 9.59 Å². The molecule has 0 fully saturated rings. The number of nitrogens with zero attached hydrogens (tertiary/aromatic N) is 4. The highest BCUT2D eigenvalue weighted by atomic mass is 16.5. The monoisotopic (exact) mass is 411 g/mol. The lowest BCUT2D eigenvalue weighted by Crippen LogP contribution is -2.37. The second-order valence-electron chi connectivity index (χ2n) is 6.86. The average Bonchev–Trinajstić information content (AvgIpc) is 3.43. The molecule has 2 aromatic heterocycles. The first-order chi connectivity index (χ1) is 14.5. The molecule has 3 aromatic rings. The fourth-order valence-corrected chi connectivity index (χ4v) is 2.89. The topological polar surface area (TPSA) is 105 Å². The van der Waals surface area contributed by atoms with E-state index >= 15 is 0 Å². The average molecular weight is 411 g/mol. The molecular weight excluding hydrogens is 386 g/mol. The van der Waals surface area contributed by atoms with E-state index < -0.39 is 0 Å². The summed E-state index contributed by atoms with van der Waals surface area (Å²) in [5.74, 6) is 1.30. The smallest absolute Gasteiger partial charge is 0.253 e. The summed E-state index contributed by atoms with van der Waals surface area (Å²) in [7, 11) is 3.44. The lowest BCUT2D eigenvalue weighted by atomic mass is 10.1. The Morgan fingerprint density at radius 1 is 1.13 bits per heavy atom. The number of carbonyl (C=O) groups excluding carboxylic acids is 2. The molecule has 0 bridgehead atoms. The van der Waals surface area contributed by atoms with Crippen molar-refractivity contribution < 1.29 is 18.5 Å². The summed E-state index contributed by atoms with van der Waals surface area (Å²) in [5, 5.41) is 6.67. The molecule has 2 amide bonds. The van der Waals surface area contributed by atoms with Crippen molar-refractivity contribution in [3.05, 3.63) is 65.7 Å². The van der Waals surface area contributed by atoms with Crippen LogP contribution in [0.25, 0.3) is 0 Å². The van der Waals surface area contributed by atoms with Crippen molar-refractivity contribution in [3.8, 4) is 0 Å². The third-order valence-corrected chi connectivity index (χ3v) is 4.52. The molecule has 2 heterocycles. The van der Waals surface area contributed by atoms with Crippen LogP contribution in [0.4, 0.5) is 5.69 Å². The van der Waals surface area contributed by atoms with Crippen LogP contribution in [0.15, 0.2) is 51.6 Å². The standard InChI is InChI=1S/C21H25N5O4/c1-4-18-23-19(30-24-18)13-25(2)14-20(27)26(3)17-10-6-5-9-16(17)21(28)22-12-15-8-7-11-29-15/h5-11H,4,12-14H2,1-3H3,(H,22,28). The van der Waals surface area contributed by atoms with Crippen LogP contribution in [-0.4, -0.2) is 47.5 Å². The number of aryl methyl sites for hydroxylation is 1. The number of hydrogen-bond acceptors (Lipinski definition) is 7. The van der Waals surface area contributed by atoms with E-state index in [1.165, 1.54) is 4.90 Å². The van der Waals surface area contributed by atoms with E-state index in [1.807, 2.05) is 6.92 Å². The minimum Gasteiger partial charge on any atom is -0.467 e. The van der Waals surface area contributed by atoms with Gasteiger partial charge >= 0.3 is 0 Å². The molecule has 1 aromatic carbocycles. The molecule has 3 rings (SSSR count). The number of rotatable bonds is 9. The van der Waals surface area contributed by atoms with E-state index in [-0.39, 0.29) is 24.9 Å². The Morgan fingerprint density at radius 2 is 1.93 bits per heavy atom. The maximum Gasteiger partial charge on any atom is 0.253 e. The molecule has 9 nitrogen and oxygen atoms in total. The molecule has 0 spiro atoms. The summed E-state index contributed by atoms with van der Waals surface area (Å²) in [5.41, 5.74) is 0.936. The molecule has 1 N–H and O–H groups in total. The summed E-state index contributed by atoms with van der Waals surface area (Å²) < 4.78 is 10.4. The zero-order valence-electron chi connectivity index (χ0n) is 17.3. The number of hydrogen-bond donors (Lipinski definition) is 1. The van der Waals surface area contributed by atoms with E-state index in [4.69, 9.17) is 8.94 Å². The van der Waals surface area contributed by atoms with Gasteiger partial charge in [-0.05, 0) is 31.3 Å². The van der Waals surface area contributed by atoms with Crippen molar-refractivity contribution in [1.29, 1.82) is 0 Å². The fraction of sp³-hybridized carbons (Fsp3) is 0.333. The summed E-state index contributed by atoms with van der Waals surface area (Å²) in [4.78, 5) is 33.0. The molecule has 0 atom stereocenters. The molecule has 0 aliphatic carbocycles. The Hall–Kier alpha value is -3.46. The van der Waals surface area contributed by atoms with Crippen LogP contribution < -0.4 is 10.2 Å². The number of amides is 2. The second-order valence-corrected chi connectivity index (χ2v) is 6.86. The van der Waals surface area contributed by atoms with E-state index in [0.29, 0.717) is 41.7 Å². The number of anilines is 1. The quantitative estimate of drug-likeness (QED) is 0.576. The first-order valence-electron chi connectivity index (χ1n) is 9.64. The van der Waals surface area contributed by atoms with Crippen LogP contribution in [0.2, 0.25) is 0 Å². The van der Waals surface area contributed by atoms with Gasteiger partial charge in [-0.15, -0.1) is 0 Å². The first-order valence-corrected chi connectivity index (χ1v) is 9.64. The van der Waals surface area contributed by atoms with Crippen molar-refractivity contribution in [2.45, 2.75) is 26.4 Å². The number of benzene rings is 1. The van der Waals surface area contributed by atoms with Crippen LogP contribution in [0.5, 0.6) is 0 Å². The first kappa shape index (κ1) is 21.3. The maximum absolute atomic E-state index is 12.8. The molecule has 0 aliphatic heterocycles. The highest BCUT2D eigenvalue weighted by Crippen LogP contribution is 2.20. The van der Waals surface area contributed by atoms with Crippen molar-refractivity contribution in [2.24, 2.45) is 0 Å². The number of likely N-dealkylation sites (N-methyl/N-ethyl adjacent to an activating group) is 2. The lowest BCUT2D eigenvalue weighted by Gasteiger charge is -2.23. The SMILES string of the molecule is CCc1noc(CN(C)CC(=O)N(C)c2ccccc2C(=O)NCc2ccco2)n1. The molecule has 0 radical (unpaired) electrons. The van der Waals surface area contributed by atoms with Crippen molar-refractivity contribution >= 4 is 17.5 Å². The van der Waals surface area contributed by atoms with Gasteiger partial charge in [0.1, 0.15) is 5.76 Å². The number of furan rings is 1. The van der Waals surface area contributed by atoms with Gasteiger partial charge in [0.2, 0.25) is 11.8 Å². The highest BCUT2D eigenvalue weighted by molar-refractivity contribution is 6.04. The summed E-state index contributed by atoms with van der Waals surface area (Å²) in [6.07, 6.45) is 2.24. The van der Waals surface area contributed by atoms with Crippen LogP contribution >= 0.6 is 0 Å². The molecule has 30 heavy (non-hydrogen) atoms. The Kier molecular flexibility index (Phi) is 6.97. The number of para-hydroxylation sites is 1. The molecule has 0 unspecified atom stereocenters. The predicted octanol–water partition coefficient (Wildman–Crippen LogP) is 2.25. The lowest BCUT2D eigenvalue weighted by molar-refractivity contribution is -0.119. The zero-order valence-corrected chi connectivity index (χ0v) is 17.3. The molecule has 9 heteroatoms. The van der Waals surface area contributed by atoms with Gasteiger partial charge in [0.15, 0.2) is 5.82 Å². The van der Waals surface area contributed by atoms with E-state index in [0.717, 1.165) is 0 Å². The van der Waals surface area contributed by atoms with Crippen molar-refractivity contribution in [1.82, 2.24) is 20.4 Å². The van der Waals surface area contributed by atoms with Crippen LogP contribution in [0.1, 0.15) is 34.8 Å². The van der Waals surface area contributed by atoms with E-state index in [1.54, 1.807) is 61.7 Å². The normalized spacial score (nSPS) is 10.9. The van der Waals surface area contributed by atoms with Crippen LogP contribution in [0.3, 0.4) is 0 Å². The largest absolute Gasteiger partial charge is 0.467 e. The van der Waals surface area contributed by atoms with Gasteiger partial charge < -0.3 is 19.2 Å². The van der Waals surface area contributed by atoms with Gasteiger partial charge in [-0.25, -0.2) is 0 Å². The van der Waals surface area contributed by atoms with Gasteiger partial charge in [0, 0.05) is 13.5 Å². The van der Waals surface area contributed by atoms with Gasteiger partial charge in [0.25, 0.3) is 5.91 Å². The maximum atomic E-state index is 12.8. The third-order valence-electron chi connectivity index (χ3n) is 4.52. The summed E-state index contributed by atoms with van der Waals surface area (Å²) in [6.45, 7) is 2.70. The molecular formula is C21H25N5O4. The Bertz CT molecular complexity index is 983. The minimum absolute atomic E-state index is 0.128. The van der Waals surface area contributed by atoms with Gasteiger partial charge in [0.05, 0.1) is 37.1 Å². The number of nitrogens with one attached hydrogen (secondary N) is 1. The Balaban J connectivity index is 1.62. The number of carbonyl (C=O) groups is 2. The van der Waals surface area contributed by atoms with Crippen molar-refractivity contribution in [3.63, 3.8) is 0 Å².